The summed E-state index contributed by atoms with van der Waals surface area (Å²) in [5, 5.41) is 4.79. The Labute approximate surface area is 123 Å². The fourth-order valence-corrected chi connectivity index (χ4v) is 2.20. The van der Waals surface area contributed by atoms with E-state index in [4.69, 9.17) is 10.3 Å². The van der Waals surface area contributed by atoms with Gasteiger partial charge in [-0.05, 0) is 13.8 Å². The Balaban J connectivity index is 1.96. The van der Waals surface area contributed by atoms with Gasteiger partial charge in [-0.15, -0.1) is 0 Å². The molecule has 0 saturated carbocycles. The molecule has 0 atom stereocenters. The van der Waals surface area contributed by atoms with Crippen LogP contribution in [0.4, 0.5) is 5.95 Å². The first-order chi connectivity index (χ1) is 10.2. The Bertz CT molecular complexity index is 734. The van der Waals surface area contributed by atoms with Gasteiger partial charge < -0.3 is 4.42 Å². The lowest BCUT2D eigenvalue weighted by Gasteiger charge is -2.04. The fraction of sp³-hybridized carbons (Fsp3) is 0.200. The van der Waals surface area contributed by atoms with Gasteiger partial charge in [-0.2, -0.15) is 24.7 Å². The Morgan fingerprint density at radius 1 is 1.24 bits per heavy atom. The summed E-state index contributed by atoms with van der Waals surface area (Å²) in [4.78, 5) is 20.6. The van der Waals surface area contributed by atoms with Crippen LogP contribution in [0.3, 0.4) is 0 Å². The minimum absolute atomic E-state index is 0.206. The van der Waals surface area contributed by atoms with Crippen molar-refractivity contribution in [2.75, 3.05) is 5.43 Å². The normalized spacial score (nSPS) is 10.8. The first-order valence-electron chi connectivity index (χ1n) is 5.85. The Kier molecular flexibility index (Phi) is 3.50. The molecule has 0 spiro atoms. The van der Waals surface area contributed by atoms with Crippen molar-refractivity contribution >= 4 is 17.7 Å². The van der Waals surface area contributed by atoms with Crippen molar-refractivity contribution in [2.24, 2.45) is 5.84 Å². The number of hydrazine groups is 1. The smallest absolute Gasteiger partial charge is 0.264 e. The first-order valence-corrected chi connectivity index (χ1v) is 6.67. The van der Waals surface area contributed by atoms with Gasteiger partial charge in [0.15, 0.2) is 0 Å². The third-order valence-electron chi connectivity index (χ3n) is 2.54. The van der Waals surface area contributed by atoms with Crippen LogP contribution < -0.4 is 11.3 Å². The summed E-state index contributed by atoms with van der Waals surface area (Å²) in [5.41, 5.74) is 3.20. The van der Waals surface area contributed by atoms with Gasteiger partial charge >= 0.3 is 0 Å². The van der Waals surface area contributed by atoms with Gasteiger partial charge in [0.25, 0.3) is 11.2 Å². The van der Waals surface area contributed by atoms with Gasteiger partial charge in [-0.3, -0.25) is 5.43 Å². The highest BCUT2D eigenvalue weighted by Crippen LogP contribution is 2.26. The molecule has 0 bridgehead atoms. The summed E-state index contributed by atoms with van der Waals surface area (Å²) in [5.74, 6) is 6.61. The minimum atomic E-state index is 0.206. The molecule has 0 amide bonds. The second kappa shape index (κ2) is 5.46. The Hall–Kier alpha value is -2.53. The fourth-order valence-electron chi connectivity index (χ4n) is 1.44. The van der Waals surface area contributed by atoms with Gasteiger partial charge in [-0.25, -0.2) is 15.8 Å². The lowest BCUT2D eigenvalue weighted by Crippen LogP contribution is -2.14. The van der Waals surface area contributed by atoms with Crippen LogP contribution in [0.25, 0.3) is 5.95 Å². The Morgan fingerprint density at radius 3 is 2.71 bits per heavy atom. The number of hydrogen-bond donors (Lipinski definition) is 2. The maximum atomic E-state index is 5.49. The summed E-state index contributed by atoms with van der Waals surface area (Å²) < 4.78 is 6.89. The average Bonchev–Trinajstić information content (AvgIpc) is 3.09. The number of rotatable bonds is 4. The highest BCUT2D eigenvalue weighted by atomic mass is 32.2. The molecule has 108 valence electrons. The molecule has 3 aromatic rings. The second-order valence-corrected chi connectivity index (χ2v) is 4.87. The quantitative estimate of drug-likeness (QED) is 0.518. The molecule has 0 saturated heterocycles. The average molecular weight is 305 g/mol. The van der Waals surface area contributed by atoms with E-state index in [0.717, 1.165) is 11.5 Å². The van der Waals surface area contributed by atoms with E-state index in [1.165, 1.54) is 29.1 Å². The van der Waals surface area contributed by atoms with Crippen LogP contribution in [0.2, 0.25) is 0 Å². The molecule has 0 radical (unpaired) electrons. The van der Waals surface area contributed by atoms with Crippen molar-refractivity contribution < 1.29 is 4.42 Å². The molecule has 0 unspecified atom stereocenters. The third-order valence-corrected chi connectivity index (χ3v) is 3.26. The number of aromatic nitrogens is 7. The number of nitrogen functional groups attached to an aromatic ring is 1. The molecular weight excluding hydrogens is 294 g/mol. The summed E-state index contributed by atoms with van der Waals surface area (Å²) in [6.45, 7) is 3.71. The van der Waals surface area contributed by atoms with E-state index in [1.807, 2.05) is 13.8 Å². The van der Waals surface area contributed by atoms with Crippen molar-refractivity contribution in [3.63, 3.8) is 0 Å². The van der Waals surface area contributed by atoms with Gasteiger partial charge in [0.2, 0.25) is 11.1 Å². The van der Waals surface area contributed by atoms with Gasteiger partial charge in [0.05, 0.1) is 5.69 Å². The summed E-state index contributed by atoms with van der Waals surface area (Å²) in [6.07, 6.45) is 2.86. The molecule has 11 heteroatoms. The van der Waals surface area contributed by atoms with Crippen molar-refractivity contribution in [3.8, 4) is 5.95 Å². The molecule has 3 heterocycles. The lowest BCUT2D eigenvalue weighted by molar-refractivity contribution is 0.430. The number of hydrogen-bond acceptors (Lipinski definition) is 10. The molecule has 21 heavy (non-hydrogen) atoms. The van der Waals surface area contributed by atoms with Crippen LogP contribution in [0.15, 0.2) is 27.5 Å². The van der Waals surface area contributed by atoms with E-state index in [1.54, 1.807) is 0 Å². The summed E-state index contributed by atoms with van der Waals surface area (Å²) in [7, 11) is 0. The zero-order valence-corrected chi connectivity index (χ0v) is 12.0. The molecule has 3 rings (SSSR count). The maximum Gasteiger partial charge on any atom is 0.264 e. The molecule has 3 aromatic heterocycles. The largest absolute Gasteiger partial charge is 0.436 e. The van der Waals surface area contributed by atoms with E-state index < -0.39 is 0 Å². The van der Waals surface area contributed by atoms with Crippen LogP contribution in [0.1, 0.15) is 11.5 Å². The van der Waals surface area contributed by atoms with E-state index in [0.29, 0.717) is 10.4 Å². The van der Waals surface area contributed by atoms with Crippen LogP contribution >= 0.6 is 11.8 Å². The zero-order valence-electron chi connectivity index (χ0n) is 11.2. The maximum absolute atomic E-state index is 5.49. The number of aryl methyl sites for hydroxylation is 2. The monoisotopic (exact) mass is 305 g/mol. The number of nitrogens with two attached hydrogens (primary N) is 1. The Morgan fingerprint density at radius 2 is 2.10 bits per heavy atom. The molecule has 3 N–H and O–H groups in total. The SMILES string of the molecule is Cc1nc(Sc2nc(NN)nc(-n3cncn3)n2)oc1C. The van der Waals surface area contributed by atoms with Crippen molar-refractivity contribution in [1.82, 2.24) is 34.7 Å². The van der Waals surface area contributed by atoms with Crippen molar-refractivity contribution in [3.05, 3.63) is 24.1 Å². The topological polar surface area (TPSA) is 133 Å². The van der Waals surface area contributed by atoms with Crippen molar-refractivity contribution in [1.29, 1.82) is 0 Å². The third kappa shape index (κ3) is 2.83. The van der Waals surface area contributed by atoms with Crippen LogP contribution in [0.5, 0.6) is 0 Å². The molecule has 0 fully saturated rings. The van der Waals surface area contributed by atoms with E-state index in [9.17, 15) is 0 Å². The van der Waals surface area contributed by atoms with E-state index >= 15 is 0 Å². The van der Waals surface area contributed by atoms with Gasteiger partial charge in [0.1, 0.15) is 18.4 Å². The summed E-state index contributed by atoms with van der Waals surface area (Å²) in [6, 6.07) is 0. The van der Waals surface area contributed by atoms with Crippen LogP contribution in [-0.4, -0.2) is 34.7 Å². The predicted molar refractivity (Wildman–Crippen MR) is 72.7 cm³/mol. The number of anilines is 1. The number of oxazole rings is 1. The molecule has 0 aromatic carbocycles. The second-order valence-electron chi connectivity index (χ2n) is 3.95. The van der Waals surface area contributed by atoms with Gasteiger partial charge in [0, 0.05) is 11.8 Å². The molecule has 0 aliphatic heterocycles. The zero-order chi connectivity index (χ0) is 14.8. The lowest BCUT2D eigenvalue weighted by atomic mass is 10.4. The number of nitrogens with zero attached hydrogens (tertiary/aromatic N) is 7. The highest BCUT2D eigenvalue weighted by molar-refractivity contribution is 7.98. The summed E-state index contributed by atoms with van der Waals surface area (Å²) >= 11 is 1.17. The highest BCUT2D eigenvalue weighted by Gasteiger charge is 2.13. The van der Waals surface area contributed by atoms with Crippen molar-refractivity contribution in [2.45, 2.75) is 24.2 Å². The van der Waals surface area contributed by atoms with E-state index in [2.05, 4.69) is 35.4 Å². The molecule has 10 nitrogen and oxygen atoms in total. The van der Waals surface area contributed by atoms with Crippen LogP contribution in [0, 0.1) is 13.8 Å². The molecule has 0 aliphatic rings. The predicted octanol–water partition coefficient (Wildman–Crippen LogP) is 0.494. The molecule has 0 aliphatic carbocycles. The first kappa shape index (κ1) is 13.5. The van der Waals surface area contributed by atoms with E-state index in [-0.39, 0.29) is 11.9 Å². The van der Waals surface area contributed by atoms with Crippen LogP contribution in [-0.2, 0) is 0 Å². The minimum Gasteiger partial charge on any atom is -0.436 e. The van der Waals surface area contributed by atoms with Gasteiger partial charge in [-0.1, -0.05) is 0 Å². The molecular formula is C10H11N9OS. The number of nitrogens with one attached hydrogen (secondary N) is 1. The standard InChI is InChI=1S/C10H11N9OS/c1-5-6(2)20-10(14-5)21-9-16-7(18-11)15-8(17-9)19-4-12-3-13-19/h3-4H,11H2,1-2H3,(H,15,16,17,18).